The second kappa shape index (κ2) is 28.1. The molecule has 0 saturated carbocycles. The third-order valence-corrected chi connectivity index (χ3v) is 7.80. The zero-order valence-corrected chi connectivity index (χ0v) is 25.3. The number of unbranched alkanes of at least 4 members (excludes halogenated alkanes) is 21. The van der Waals surface area contributed by atoms with Crippen LogP contribution >= 0.6 is 7.82 Å². The summed E-state index contributed by atoms with van der Waals surface area (Å²) in [5, 5.41) is 0. The zero-order valence-electron chi connectivity index (χ0n) is 24.4. The van der Waals surface area contributed by atoms with Gasteiger partial charge >= 0.3 is 7.82 Å². The number of hydrogen-bond donors (Lipinski definition) is 2. The Hall–Kier alpha value is 0.0700. The van der Waals surface area contributed by atoms with E-state index in [1.165, 1.54) is 154 Å². The van der Waals surface area contributed by atoms with E-state index in [0.29, 0.717) is 0 Å². The molecule has 0 aromatic heterocycles. The summed E-state index contributed by atoms with van der Waals surface area (Å²) in [6.45, 7) is 8.70. The molecule has 36 heavy (non-hydrogen) atoms. The predicted octanol–water partition coefficient (Wildman–Crippen LogP) is 9.80. The number of nitrogens with zero attached hydrogens (tertiary/aromatic N) is 1. The monoisotopic (exact) mass is 533 g/mol. The second-order valence-electron chi connectivity index (χ2n) is 10.9. The van der Waals surface area contributed by atoms with Crippen molar-refractivity contribution in [1.82, 2.24) is 4.90 Å². The Balaban J connectivity index is 3.65. The van der Waals surface area contributed by atoms with E-state index < -0.39 is 7.82 Å². The van der Waals surface area contributed by atoms with Gasteiger partial charge in [0, 0.05) is 0 Å². The molecular formula is C30H64NO4P. The first-order chi connectivity index (χ1) is 17.5. The highest BCUT2D eigenvalue weighted by atomic mass is 31.2. The average molecular weight is 534 g/mol. The summed E-state index contributed by atoms with van der Waals surface area (Å²) in [4.78, 5) is 20.1. The number of phosphoric ester groups is 1. The summed E-state index contributed by atoms with van der Waals surface area (Å²) in [6, 6.07) is 0. The lowest BCUT2D eigenvalue weighted by Gasteiger charge is -2.22. The van der Waals surface area contributed by atoms with Crippen LogP contribution in [0, 0.1) is 0 Å². The Bertz CT molecular complexity index is 456. The molecule has 0 atom stereocenters. The SMILES string of the molecule is CCCCCCCCN(CCCCCCCC)CCCCCCCCCCCCCCOP(=O)(O)O. The van der Waals surface area contributed by atoms with E-state index in [4.69, 9.17) is 9.79 Å². The Morgan fingerprint density at radius 2 is 0.750 bits per heavy atom. The van der Waals surface area contributed by atoms with Gasteiger partial charge in [0.15, 0.2) is 0 Å². The van der Waals surface area contributed by atoms with E-state index >= 15 is 0 Å². The van der Waals surface area contributed by atoms with Crippen molar-refractivity contribution in [2.75, 3.05) is 26.2 Å². The fourth-order valence-corrected chi connectivity index (χ4v) is 5.32. The number of hydrogen-bond acceptors (Lipinski definition) is 3. The lowest BCUT2D eigenvalue weighted by molar-refractivity contribution is 0.193. The first kappa shape index (κ1) is 36.1. The van der Waals surface area contributed by atoms with Crippen molar-refractivity contribution in [1.29, 1.82) is 0 Å². The normalized spacial score (nSPS) is 12.1. The maximum absolute atomic E-state index is 10.6. The van der Waals surface area contributed by atoms with Crippen LogP contribution in [-0.2, 0) is 9.09 Å². The molecule has 5 nitrogen and oxygen atoms in total. The van der Waals surface area contributed by atoms with E-state index in [9.17, 15) is 4.57 Å². The largest absolute Gasteiger partial charge is 0.469 e. The maximum Gasteiger partial charge on any atom is 0.469 e. The summed E-state index contributed by atoms with van der Waals surface area (Å²) in [6.07, 6.45) is 31.7. The average Bonchev–Trinajstić information content (AvgIpc) is 2.84. The molecule has 0 saturated heterocycles. The van der Waals surface area contributed by atoms with Gasteiger partial charge in [-0.15, -0.1) is 0 Å². The predicted molar refractivity (Wildman–Crippen MR) is 157 cm³/mol. The van der Waals surface area contributed by atoms with E-state index in [1.54, 1.807) is 0 Å². The van der Waals surface area contributed by atoms with Gasteiger partial charge in [0.2, 0.25) is 0 Å². The Morgan fingerprint density at radius 1 is 0.472 bits per heavy atom. The molecule has 2 N–H and O–H groups in total. The van der Waals surface area contributed by atoms with Crippen LogP contribution in [0.3, 0.4) is 0 Å². The molecule has 0 unspecified atom stereocenters. The topological polar surface area (TPSA) is 70.0 Å². The molecule has 0 heterocycles. The molecular weight excluding hydrogens is 469 g/mol. The van der Waals surface area contributed by atoms with Crippen molar-refractivity contribution in [2.24, 2.45) is 0 Å². The molecule has 0 radical (unpaired) electrons. The second-order valence-corrected chi connectivity index (χ2v) is 12.2. The van der Waals surface area contributed by atoms with Crippen molar-refractivity contribution in [2.45, 2.75) is 168 Å². The van der Waals surface area contributed by atoms with Crippen LogP contribution in [0.4, 0.5) is 0 Å². The van der Waals surface area contributed by atoms with E-state index in [-0.39, 0.29) is 6.61 Å². The van der Waals surface area contributed by atoms with Gasteiger partial charge in [-0.05, 0) is 45.3 Å². The number of rotatable bonds is 30. The molecule has 0 rings (SSSR count). The van der Waals surface area contributed by atoms with Gasteiger partial charge in [-0.1, -0.05) is 142 Å². The van der Waals surface area contributed by atoms with Crippen LogP contribution in [0.2, 0.25) is 0 Å². The van der Waals surface area contributed by atoms with Crippen LogP contribution in [-0.4, -0.2) is 40.9 Å². The molecule has 0 aromatic carbocycles. The molecule has 0 bridgehead atoms. The van der Waals surface area contributed by atoms with Gasteiger partial charge in [0.25, 0.3) is 0 Å². The minimum absolute atomic E-state index is 0.167. The smallest absolute Gasteiger partial charge is 0.303 e. The molecule has 6 heteroatoms. The van der Waals surface area contributed by atoms with Crippen LogP contribution < -0.4 is 0 Å². The minimum atomic E-state index is -4.28. The molecule has 218 valence electrons. The van der Waals surface area contributed by atoms with Gasteiger partial charge in [-0.25, -0.2) is 4.57 Å². The Kier molecular flexibility index (Phi) is 28.1. The Labute approximate surface area is 225 Å². The minimum Gasteiger partial charge on any atom is -0.303 e. The summed E-state index contributed by atoms with van der Waals surface area (Å²) in [5.74, 6) is 0. The molecule has 0 amide bonds. The van der Waals surface area contributed by atoms with E-state index in [1.807, 2.05) is 0 Å². The number of phosphoric acid groups is 1. The highest BCUT2D eigenvalue weighted by Gasteiger charge is 2.12. The van der Waals surface area contributed by atoms with Gasteiger partial charge < -0.3 is 14.7 Å². The van der Waals surface area contributed by atoms with Crippen molar-refractivity contribution >= 4 is 7.82 Å². The fraction of sp³-hybridized carbons (Fsp3) is 1.00. The Morgan fingerprint density at radius 3 is 1.06 bits per heavy atom. The molecule has 0 aliphatic carbocycles. The highest BCUT2D eigenvalue weighted by molar-refractivity contribution is 7.46. The third-order valence-electron chi connectivity index (χ3n) is 7.28. The van der Waals surface area contributed by atoms with Crippen molar-refractivity contribution in [3.8, 4) is 0 Å². The zero-order chi connectivity index (χ0) is 26.6. The van der Waals surface area contributed by atoms with Gasteiger partial charge in [0.05, 0.1) is 6.61 Å². The first-order valence-electron chi connectivity index (χ1n) is 15.9. The lowest BCUT2D eigenvalue weighted by Crippen LogP contribution is -2.27. The quantitative estimate of drug-likeness (QED) is 0.0710. The van der Waals surface area contributed by atoms with Crippen LogP contribution in [0.25, 0.3) is 0 Å². The molecule has 0 fully saturated rings. The molecule has 0 aliphatic rings. The molecule has 0 spiro atoms. The van der Waals surface area contributed by atoms with Crippen LogP contribution in [0.15, 0.2) is 0 Å². The van der Waals surface area contributed by atoms with Crippen LogP contribution in [0.5, 0.6) is 0 Å². The molecule has 0 aliphatic heterocycles. The highest BCUT2D eigenvalue weighted by Crippen LogP contribution is 2.35. The van der Waals surface area contributed by atoms with Gasteiger partial charge in [-0.3, -0.25) is 4.52 Å². The van der Waals surface area contributed by atoms with Crippen molar-refractivity contribution < 1.29 is 18.9 Å². The standard InChI is InChI=1S/C30H64NO4P/c1-3-5-7-9-19-23-27-31(28-24-20-10-8-6-4-2)29-25-21-17-15-13-11-12-14-16-18-22-26-30-35-36(32,33)34/h3-30H2,1-2H3,(H2,32,33,34). The van der Waals surface area contributed by atoms with Crippen LogP contribution in [0.1, 0.15) is 168 Å². The maximum atomic E-state index is 10.6. The van der Waals surface area contributed by atoms with E-state index in [0.717, 1.165) is 19.3 Å². The van der Waals surface area contributed by atoms with Crippen molar-refractivity contribution in [3.63, 3.8) is 0 Å². The van der Waals surface area contributed by atoms with Crippen molar-refractivity contribution in [3.05, 3.63) is 0 Å². The van der Waals surface area contributed by atoms with Gasteiger partial charge in [-0.2, -0.15) is 0 Å². The summed E-state index contributed by atoms with van der Waals surface area (Å²) in [7, 11) is -4.28. The first-order valence-corrected chi connectivity index (χ1v) is 17.4. The third kappa shape index (κ3) is 30.3. The van der Waals surface area contributed by atoms with Gasteiger partial charge in [0.1, 0.15) is 0 Å². The van der Waals surface area contributed by atoms with E-state index in [2.05, 4.69) is 23.3 Å². The molecule has 0 aromatic rings. The fourth-order valence-electron chi connectivity index (χ4n) is 4.96. The summed E-state index contributed by atoms with van der Waals surface area (Å²) < 4.78 is 15.1. The summed E-state index contributed by atoms with van der Waals surface area (Å²) >= 11 is 0. The summed E-state index contributed by atoms with van der Waals surface area (Å²) in [5.41, 5.74) is 0. The lowest BCUT2D eigenvalue weighted by atomic mass is 10.0.